The Bertz CT molecular complexity index is 938. The lowest BCUT2D eigenvalue weighted by Gasteiger charge is -2.31. The number of rotatable bonds is 10. The number of amides is 3. The quantitative estimate of drug-likeness (QED) is 0.606. The number of benzene rings is 1. The van der Waals surface area contributed by atoms with Crippen LogP contribution in [0.5, 0.6) is 11.5 Å². The van der Waals surface area contributed by atoms with Gasteiger partial charge in [0.25, 0.3) is 0 Å². The summed E-state index contributed by atoms with van der Waals surface area (Å²) in [5.41, 5.74) is 1.61. The summed E-state index contributed by atoms with van der Waals surface area (Å²) in [5.74, 6) is 1.09. The van der Waals surface area contributed by atoms with Gasteiger partial charge in [-0.25, -0.2) is 4.79 Å². The Morgan fingerprint density at radius 1 is 1.22 bits per heavy atom. The fraction of sp³-hybridized carbons (Fsp3) is 0.500. The summed E-state index contributed by atoms with van der Waals surface area (Å²) < 4.78 is 12.6. The van der Waals surface area contributed by atoms with E-state index in [4.69, 9.17) is 9.47 Å². The highest BCUT2D eigenvalue weighted by Gasteiger charge is 2.35. The minimum Gasteiger partial charge on any atom is -0.497 e. The molecule has 0 spiro atoms. The number of aryl methyl sites for hydroxylation is 1. The molecule has 1 saturated carbocycles. The maximum absolute atomic E-state index is 13.3. The van der Waals surface area contributed by atoms with E-state index < -0.39 is 0 Å². The van der Waals surface area contributed by atoms with Gasteiger partial charge in [0.05, 0.1) is 26.5 Å². The van der Waals surface area contributed by atoms with Crippen molar-refractivity contribution in [1.29, 1.82) is 0 Å². The molecule has 3 rings (SSSR count). The predicted molar refractivity (Wildman–Crippen MR) is 124 cm³/mol. The molecule has 1 fully saturated rings. The second-order valence-corrected chi connectivity index (χ2v) is 8.24. The maximum atomic E-state index is 13.3. The van der Waals surface area contributed by atoms with E-state index in [-0.39, 0.29) is 30.6 Å². The largest absolute Gasteiger partial charge is 0.497 e. The maximum Gasteiger partial charge on any atom is 0.322 e. The van der Waals surface area contributed by atoms with Crippen LogP contribution in [0.3, 0.4) is 0 Å². The molecular weight excluding hydrogens is 408 g/mol. The van der Waals surface area contributed by atoms with Crippen molar-refractivity contribution in [1.82, 2.24) is 14.4 Å². The van der Waals surface area contributed by atoms with E-state index in [1.807, 2.05) is 48.7 Å². The van der Waals surface area contributed by atoms with Crippen LogP contribution in [0.1, 0.15) is 38.8 Å². The number of hydrogen-bond donors (Lipinski definition) is 1. The molecule has 1 unspecified atom stereocenters. The van der Waals surface area contributed by atoms with E-state index >= 15 is 0 Å². The number of ether oxygens (including phenoxy) is 2. The number of nitrogens with one attached hydrogen (secondary N) is 1. The van der Waals surface area contributed by atoms with Gasteiger partial charge in [0, 0.05) is 37.1 Å². The molecule has 8 heteroatoms. The Morgan fingerprint density at radius 2 is 1.97 bits per heavy atom. The molecule has 3 amide bonds. The summed E-state index contributed by atoms with van der Waals surface area (Å²) in [4.78, 5) is 30.0. The van der Waals surface area contributed by atoms with Gasteiger partial charge >= 0.3 is 6.03 Å². The summed E-state index contributed by atoms with van der Waals surface area (Å²) in [7, 11) is 5.09. The molecule has 0 radical (unpaired) electrons. The number of urea groups is 1. The van der Waals surface area contributed by atoms with Gasteiger partial charge in [-0.3, -0.25) is 4.79 Å². The number of nitrogens with zero attached hydrogens (tertiary/aromatic N) is 3. The van der Waals surface area contributed by atoms with Crippen molar-refractivity contribution in [2.45, 2.75) is 51.7 Å². The van der Waals surface area contributed by atoms with E-state index in [9.17, 15) is 9.59 Å². The molecule has 1 aromatic heterocycles. The summed E-state index contributed by atoms with van der Waals surface area (Å²) in [6.45, 7) is 4.54. The summed E-state index contributed by atoms with van der Waals surface area (Å²) in [6.07, 6.45) is 4.73. The Hall–Kier alpha value is -3.16. The van der Waals surface area contributed by atoms with E-state index in [2.05, 4.69) is 5.32 Å². The van der Waals surface area contributed by atoms with Crippen LogP contribution in [0, 0.1) is 0 Å². The second kappa shape index (κ2) is 10.4. The lowest BCUT2D eigenvalue weighted by Crippen LogP contribution is -2.48. The average Bonchev–Trinajstić information content (AvgIpc) is 3.56. The van der Waals surface area contributed by atoms with Gasteiger partial charge in [-0.1, -0.05) is 6.92 Å². The van der Waals surface area contributed by atoms with Crippen LogP contribution in [0.15, 0.2) is 36.5 Å². The fourth-order valence-corrected chi connectivity index (χ4v) is 3.62. The number of carbonyl (C=O) groups is 2. The lowest BCUT2D eigenvalue weighted by atomic mass is 10.2. The first-order valence-electron chi connectivity index (χ1n) is 11.1. The molecule has 0 saturated heterocycles. The predicted octanol–water partition coefficient (Wildman–Crippen LogP) is 3.87. The van der Waals surface area contributed by atoms with E-state index in [1.54, 1.807) is 30.2 Å². The molecule has 8 nitrogen and oxygen atoms in total. The van der Waals surface area contributed by atoms with Crippen LogP contribution >= 0.6 is 0 Å². The van der Waals surface area contributed by atoms with Crippen molar-refractivity contribution in [2.75, 3.05) is 26.1 Å². The van der Waals surface area contributed by atoms with Gasteiger partial charge in [0.2, 0.25) is 5.91 Å². The number of methoxy groups -OCH3 is 2. The van der Waals surface area contributed by atoms with Crippen LogP contribution in [0.2, 0.25) is 0 Å². The monoisotopic (exact) mass is 442 g/mol. The molecule has 2 aromatic rings. The molecule has 174 valence electrons. The van der Waals surface area contributed by atoms with Gasteiger partial charge in [0.15, 0.2) is 0 Å². The van der Waals surface area contributed by atoms with E-state index in [0.29, 0.717) is 23.7 Å². The van der Waals surface area contributed by atoms with Gasteiger partial charge in [-0.15, -0.1) is 0 Å². The van der Waals surface area contributed by atoms with Gasteiger partial charge in [-0.05, 0) is 50.5 Å². The third kappa shape index (κ3) is 5.55. The van der Waals surface area contributed by atoms with Crippen molar-refractivity contribution in [2.24, 2.45) is 7.05 Å². The third-order valence-electron chi connectivity index (χ3n) is 6.03. The molecule has 1 atom stereocenters. The lowest BCUT2D eigenvalue weighted by molar-refractivity contribution is -0.133. The fourth-order valence-electron chi connectivity index (χ4n) is 3.62. The Morgan fingerprint density at radius 3 is 2.53 bits per heavy atom. The van der Waals surface area contributed by atoms with Crippen LogP contribution in [0.25, 0.3) is 0 Å². The highest BCUT2D eigenvalue weighted by Crippen LogP contribution is 2.30. The first-order valence-corrected chi connectivity index (χ1v) is 11.1. The number of anilines is 1. The van der Waals surface area contributed by atoms with Crippen LogP contribution < -0.4 is 14.8 Å². The summed E-state index contributed by atoms with van der Waals surface area (Å²) in [6, 6.07) is 9.03. The Balaban J connectivity index is 1.75. The van der Waals surface area contributed by atoms with Gasteiger partial charge in [0.1, 0.15) is 18.0 Å². The van der Waals surface area contributed by atoms with Crippen molar-refractivity contribution < 1.29 is 19.1 Å². The molecule has 1 N–H and O–H groups in total. The van der Waals surface area contributed by atoms with Crippen molar-refractivity contribution in [3.8, 4) is 11.5 Å². The first-order chi connectivity index (χ1) is 15.4. The molecule has 1 aromatic carbocycles. The minimum atomic E-state index is -0.328. The SMILES string of the molecule is CCC(C)N(CC(=O)N(Cc1cccn1C)C1CC1)C(=O)Nc1ccc(OC)cc1OC. The van der Waals surface area contributed by atoms with E-state index in [0.717, 1.165) is 25.0 Å². The van der Waals surface area contributed by atoms with Crippen LogP contribution in [-0.4, -0.2) is 59.2 Å². The van der Waals surface area contributed by atoms with Crippen LogP contribution in [0.4, 0.5) is 10.5 Å². The molecule has 1 aliphatic rings. The first kappa shape index (κ1) is 23.5. The van der Waals surface area contributed by atoms with Crippen molar-refractivity contribution >= 4 is 17.6 Å². The van der Waals surface area contributed by atoms with Crippen molar-refractivity contribution in [3.63, 3.8) is 0 Å². The molecule has 1 aliphatic carbocycles. The summed E-state index contributed by atoms with van der Waals surface area (Å²) >= 11 is 0. The number of hydrogen-bond acceptors (Lipinski definition) is 4. The highest BCUT2D eigenvalue weighted by atomic mass is 16.5. The van der Waals surface area contributed by atoms with E-state index in [1.165, 1.54) is 7.11 Å². The molecule has 32 heavy (non-hydrogen) atoms. The minimum absolute atomic E-state index is 0.0280. The zero-order valence-corrected chi connectivity index (χ0v) is 19.6. The van der Waals surface area contributed by atoms with Crippen LogP contribution in [-0.2, 0) is 18.4 Å². The smallest absolute Gasteiger partial charge is 0.322 e. The molecular formula is C24H34N4O4. The topological polar surface area (TPSA) is 76.0 Å². The Labute approximate surface area is 190 Å². The van der Waals surface area contributed by atoms with Gasteiger partial charge < -0.3 is 29.2 Å². The zero-order valence-electron chi connectivity index (χ0n) is 19.6. The molecule has 0 aliphatic heterocycles. The zero-order chi connectivity index (χ0) is 23.3. The third-order valence-corrected chi connectivity index (χ3v) is 6.03. The average molecular weight is 443 g/mol. The molecule has 0 bridgehead atoms. The standard InChI is InChI=1S/C24H34N4O4/c1-6-17(2)27(24(30)25-21-12-11-20(31-4)14-22(21)32-5)16-23(29)28(18-9-10-18)15-19-8-7-13-26(19)3/h7-8,11-14,17-18H,6,9-10,15-16H2,1-5H3,(H,25,30). The highest BCUT2D eigenvalue weighted by molar-refractivity contribution is 5.94. The molecule has 1 heterocycles. The van der Waals surface area contributed by atoms with Gasteiger partial charge in [-0.2, -0.15) is 0 Å². The number of aromatic nitrogens is 1. The second-order valence-electron chi connectivity index (χ2n) is 8.24. The normalized spacial score (nSPS) is 13.9. The Kier molecular flexibility index (Phi) is 7.66. The summed E-state index contributed by atoms with van der Waals surface area (Å²) in [5, 5.41) is 2.90. The van der Waals surface area contributed by atoms with Crippen molar-refractivity contribution in [3.05, 3.63) is 42.2 Å². The number of carbonyl (C=O) groups excluding carboxylic acids is 2.